The Labute approximate surface area is 130 Å². The molecule has 0 aromatic heterocycles. The molecule has 7 heteroatoms. The van der Waals surface area contributed by atoms with Crippen molar-refractivity contribution in [2.75, 3.05) is 13.1 Å². The SMILES string of the molecule is CCCNC(=O)C1CCCN1S(=O)(=O)c1ccc(Cl)cc1. The van der Waals surface area contributed by atoms with E-state index < -0.39 is 16.1 Å². The number of carbonyl (C=O) groups is 1. The van der Waals surface area contributed by atoms with Gasteiger partial charge in [0.25, 0.3) is 0 Å². The third-order valence-corrected chi connectivity index (χ3v) is 5.65. The van der Waals surface area contributed by atoms with Crippen LogP contribution in [-0.2, 0) is 14.8 Å². The van der Waals surface area contributed by atoms with Gasteiger partial charge in [-0.25, -0.2) is 8.42 Å². The highest BCUT2D eigenvalue weighted by Crippen LogP contribution is 2.26. The fourth-order valence-electron chi connectivity index (χ4n) is 2.40. The van der Waals surface area contributed by atoms with Gasteiger partial charge in [0.1, 0.15) is 6.04 Å². The van der Waals surface area contributed by atoms with Crippen LogP contribution in [-0.4, -0.2) is 37.8 Å². The summed E-state index contributed by atoms with van der Waals surface area (Å²) >= 11 is 5.79. The van der Waals surface area contributed by atoms with Crippen molar-refractivity contribution in [3.8, 4) is 0 Å². The van der Waals surface area contributed by atoms with Crippen LogP contribution < -0.4 is 5.32 Å². The molecule has 1 amide bonds. The number of hydrogen-bond acceptors (Lipinski definition) is 3. The van der Waals surface area contributed by atoms with Gasteiger partial charge in [0, 0.05) is 18.1 Å². The van der Waals surface area contributed by atoms with Gasteiger partial charge >= 0.3 is 0 Å². The molecule has 0 bridgehead atoms. The average Bonchev–Trinajstić information content (AvgIpc) is 2.95. The number of rotatable bonds is 5. The highest BCUT2D eigenvalue weighted by molar-refractivity contribution is 7.89. The van der Waals surface area contributed by atoms with Crippen LogP contribution in [0.3, 0.4) is 0 Å². The van der Waals surface area contributed by atoms with E-state index in [1.807, 2.05) is 6.92 Å². The van der Waals surface area contributed by atoms with E-state index in [1.165, 1.54) is 28.6 Å². The molecule has 2 rings (SSSR count). The fraction of sp³-hybridized carbons (Fsp3) is 0.500. The van der Waals surface area contributed by atoms with Crippen LogP contribution >= 0.6 is 11.6 Å². The highest BCUT2D eigenvalue weighted by Gasteiger charge is 2.39. The Morgan fingerprint density at radius 1 is 1.38 bits per heavy atom. The van der Waals surface area contributed by atoms with Crippen LogP contribution in [0, 0.1) is 0 Å². The molecule has 1 N–H and O–H groups in total. The molecular formula is C14H19ClN2O3S. The molecule has 1 fully saturated rings. The van der Waals surface area contributed by atoms with Crippen molar-refractivity contribution in [2.24, 2.45) is 0 Å². The number of halogens is 1. The summed E-state index contributed by atoms with van der Waals surface area (Å²) in [6.07, 6.45) is 2.07. The predicted octanol–water partition coefficient (Wildman–Crippen LogP) is 2.02. The topological polar surface area (TPSA) is 66.5 Å². The molecule has 1 heterocycles. The van der Waals surface area contributed by atoms with Crippen molar-refractivity contribution in [3.05, 3.63) is 29.3 Å². The molecular weight excluding hydrogens is 312 g/mol. The number of nitrogens with zero attached hydrogens (tertiary/aromatic N) is 1. The van der Waals surface area contributed by atoms with Gasteiger partial charge in [-0.2, -0.15) is 4.31 Å². The highest BCUT2D eigenvalue weighted by atomic mass is 35.5. The molecule has 1 aromatic carbocycles. The molecule has 21 heavy (non-hydrogen) atoms. The standard InChI is InChI=1S/C14H19ClN2O3S/c1-2-9-16-14(18)13-4-3-10-17(13)21(19,20)12-7-5-11(15)6-8-12/h5-8,13H,2-4,9-10H2,1H3,(H,16,18). The van der Waals surface area contributed by atoms with Gasteiger partial charge in [-0.05, 0) is 43.5 Å². The average molecular weight is 331 g/mol. The zero-order valence-electron chi connectivity index (χ0n) is 11.9. The van der Waals surface area contributed by atoms with E-state index in [0.29, 0.717) is 31.0 Å². The summed E-state index contributed by atoms with van der Waals surface area (Å²) in [6, 6.07) is 5.40. The maximum atomic E-state index is 12.6. The van der Waals surface area contributed by atoms with Crippen molar-refractivity contribution in [2.45, 2.75) is 37.1 Å². The monoisotopic (exact) mass is 330 g/mol. The van der Waals surface area contributed by atoms with Crippen molar-refractivity contribution in [1.29, 1.82) is 0 Å². The Balaban J connectivity index is 2.22. The molecule has 0 radical (unpaired) electrons. The molecule has 1 saturated heterocycles. The van der Waals surface area contributed by atoms with E-state index in [0.717, 1.165) is 6.42 Å². The van der Waals surface area contributed by atoms with Gasteiger partial charge in [-0.3, -0.25) is 4.79 Å². The largest absolute Gasteiger partial charge is 0.355 e. The van der Waals surface area contributed by atoms with Crippen LogP contribution in [0.4, 0.5) is 0 Å². The van der Waals surface area contributed by atoms with Gasteiger partial charge in [0.15, 0.2) is 0 Å². The molecule has 1 atom stereocenters. The molecule has 1 aliphatic heterocycles. The van der Waals surface area contributed by atoms with Crippen molar-refractivity contribution in [1.82, 2.24) is 9.62 Å². The zero-order valence-corrected chi connectivity index (χ0v) is 13.5. The predicted molar refractivity (Wildman–Crippen MR) is 81.7 cm³/mol. The number of carbonyl (C=O) groups excluding carboxylic acids is 1. The summed E-state index contributed by atoms with van der Waals surface area (Å²) in [5.74, 6) is -0.216. The minimum Gasteiger partial charge on any atom is -0.355 e. The second-order valence-corrected chi connectivity index (χ2v) is 7.35. The molecule has 0 spiro atoms. The molecule has 116 valence electrons. The lowest BCUT2D eigenvalue weighted by atomic mass is 10.2. The summed E-state index contributed by atoms with van der Waals surface area (Å²) < 4.78 is 26.6. The Bertz CT molecular complexity index is 601. The minimum atomic E-state index is -3.66. The van der Waals surface area contributed by atoms with Crippen LogP contribution in [0.1, 0.15) is 26.2 Å². The molecule has 0 saturated carbocycles. The number of benzene rings is 1. The Morgan fingerprint density at radius 3 is 2.67 bits per heavy atom. The third kappa shape index (κ3) is 3.56. The molecule has 1 unspecified atom stereocenters. The maximum absolute atomic E-state index is 12.6. The van der Waals surface area contributed by atoms with E-state index in [-0.39, 0.29) is 10.8 Å². The van der Waals surface area contributed by atoms with Crippen molar-refractivity contribution in [3.63, 3.8) is 0 Å². The van der Waals surface area contributed by atoms with E-state index in [9.17, 15) is 13.2 Å². The number of hydrogen-bond donors (Lipinski definition) is 1. The second-order valence-electron chi connectivity index (χ2n) is 5.02. The Hall–Kier alpha value is -1.11. The van der Waals surface area contributed by atoms with Crippen LogP contribution in [0.25, 0.3) is 0 Å². The van der Waals surface area contributed by atoms with Crippen molar-refractivity contribution < 1.29 is 13.2 Å². The van der Waals surface area contributed by atoms with Gasteiger partial charge in [0.2, 0.25) is 15.9 Å². The summed E-state index contributed by atoms with van der Waals surface area (Å²) in [5.41, 5.74) is 0. The number of nitrogens with one attached hydrogen (secondary N) is 1. The quantitative estimate of drug-likeness (QED) is 0.898. The van der Waals surface area contributed by atoms with Crippen molar-refractivity contribution >= 4 is 27.5 Å². The summed E-state index contributed by atoms with van der Waals surface area (Å²) in [5, 5.41) is 3.25. The van der Waals surface area contributed by atoms with Crippen LogP contribution in [0.5, 0.6) is 0 Å². The fourth-order valence-corrected chi connectivity index (χ4v) is 4.18. The van der Waals surface area contributed by atoms with E-state index >= 15 is 0 Å². The Kier molecular flexibility index (Phi) is 5.24. The normalized spacial score (nSPS) is 19.6. The zero-order chi connectivity index (χ0) is 15.5. The summed E-state index contributed by atoms with van der Waals surface area (Å²) in [6.45, 7) is 2.89. The molecule has 5 nitrogen and oxygen atoms in total. The lowest BCUT2D eigenvalue weighted by molar-refractivity contribution is -0.124. The molecule has 1 aromatic rings. The van der Waals surface area contributed by atoms with Gasteiger partial charge < -0.3 is 5.32 Å². The maximum Gasteiger partial charge on any atom is 0.243 e. The van der Waals surface area contributed by atoms with E-state index in [4.69, 9.17) is 11.6 Å². The summed E-state index contributed by atoms with van der Waals surface area (Å²) in [4.78, 5) is 12.3. The molecule has 1 aliphatic rings. The first-order valence-electron chi connectivity index (χ1n) is 7.02. The molecule has 0 aliphatic carbocycles. The van der Waals surface area contributed by atoms with Crippen LogP contribution in [0.2, 0.25) is 5.02 Å². The second kappa shape index (κ2) is 6.77. The van der Waals surface area contributed by atoms with Gasteiger partial charge in [-0.15, -0.1) is 0 Å². The first-order chi connectivity index (χ1) is 9.96. The smallest absolute Gasteiger partial charge is 0.243 e. The van der Waals surface area contributed by atoms with Gasteiger partial charge in [0.05, 0.1) is 4.90 Å². The Morgan fingerprint density at radius 2 is 2.05 bits per heavy atom. The first kappa shape index (κ1) is 16.3. The third-order valence-electron chi connectivity index (χ3n) is 3.48. The lowest BCUT2D eigenvalue weighted by Gasteiger charge is -2.23. The lowest BCUT2D eigenvalue weighted by Crippen LogP contribution is -2.46. The minimum absolute atomic E-state index is 0.169. The van der Waals surface area contributed by atoms with Gasteiger partial charge in [-0.1, -0.05) is 18.5 Å². The van der Waals surface area contributed by atoms with E-state index in [1.54, 1.807) is 0 Å². The van der Waals surface area contributed by atoms with Crippen LogP contribution in [0.15, 0.2) is 29.2 Å². The number of sulfonamides is 1. The number of amides is 1. The summed E-state index contributed by atoms with van der Waals surface area (Å²) in [7, 11) is -3.66. The first-order valence-corrected chi connectivity index (χ1v) is 8.83. The van der Waals surface area contributed by atoms with E-state index in [2.05, 4.69) is 5.32 Å².